The minimum atomic E-state index is -0.431. The number of fused-ring (bicyclic) bond motifs is 2. The van der Waals surface area contributed by atoms with Gasteiger partial charge in [0.05, 0.1) is 17.2 Å². The molecule has 5 fully saturated rings. The number of piperidine rings is 2. The Hall–Kier alpha value is -1.90. The highest BCUT2D eigenvalue weighted by atomic mass is 16.7. The summed E-state index contributed by atoms with van der Waals surface area (Å²) >= 11 is 0. The molecule has 8 heteroatoms. The van der Waals surface area contributed by atoms with Crippen molar-refractivity contribution in [3.8, 4) is 0 Å². The number of hydrogen-bond donors (Lipinski definition) is 0. The second kappa shape index (κ2) is 9.55. The molecule has 1 atom stereocenters. The molecule has 0 N–H and O–H groups in total. The van der Waals surface area contributed by atoms with E-state index in [1.165, 1.54) is 49.9 Å². The van der Waals surface area contributed by atoms with Crippen LogP contribution in [-0.4, -0.2) is 84.6 Å². The normalized spacial score (nSPS) is 33.0. The Kier molecular flexibility index (Phi) is 6.50. The second-order valence-corrected chi connectivity index (χ2v) is 15.2. The van der Waals surface area contributed by atoms with Crippen molar-refractivity contribution in [2.75, 3.05) is 31.1 Å². The van der Waals surface area contributed by atoms with Crippen LogP contribution in [0.1, 0.15) is 98.0 Å². The van der Waals surface area contributed by atoms with Crippen LogP contribution in [0.5, 0.6) is 0 Å². The number of carbonyl (C=O) groups excluding carboxylic acids is 2. The summed E-state index contributed by atoms with van der Waals surface area (Å²) in [5.41, 5.74) is 2.26. The lowest BCUT2D eigenvalue weighted by molar-refractivity contribution is -0.138. The lowest BCUT2D eigenvalue weighted by Crippen LogP contribution is -2.60. The van der Waals surface area contributed by atoms with Gasteiger partial charge in [-0.2, -0.15) is 0 Å². The Balaban J connectivity index is 1.20. The van der Waals surface area contributed by atoms with E-state index in [9.17, 15) is 9.59 Å². The van der Waals surface area contributed by atoms with E-state index in [1.807, 2.05) is 0 Å². The average Bonchev–Trinajstić information content (AvgIpc) is 3.57. The lowest BCUT2D eigenvalue weighted by atomic mass is 9.68. The minimum absolute atomic E-state index is 0.151. The van der Waals surface area contributed by atoms with E-state index in [-0.39, 0.29) is 16.9 Å². The number of nitrogens with zero attached hydrogens (tertiary/aromatic N) is 3. The van der Waals surface area contributed by atoms with E-state index < -0.39 is 18.3 Å². The Morgan fingerprint density at radius 3 is 2.10 bits per heavy atom. The molecule has 1 spiro atoms. The van der Waals surface area contributed by atoms with Crippen LogP contribution in [0, 0.1) is 5.41 Å². The molecule has 6 aliphatic rings. The summed E-state index contributed by atoms with van der Waals surface area (Å²) in [6, 6.07) is 7.46. The highest BCUT2D eigenvalue weighted by Gasteiger charge is 2.58. The molecule has 4 heterocycles. The topological polar surface area (TPSA) is 62.3 Å². The molecule has 0 aromatic heterocycles. The number of benzene rings is 1. The summed E-state index contributed by atoms with van der Waals surface area (Å²) in [4.78, 5) is 33.6. The van der Waals surface area contributed by atoms with Crippen molar-refractivity contribution in [2.45, 2.75) is 127 Å². The number of rotatable bonds is 5. The van der Waals surface area contributed by atoms with Gasteiger partial charge < -0.3 is 28.8 Å². The molecule has 2 aliphatic carbocycles. The average molecular weight is 562 g/mol. The standard InChI is InChI=1S/C33H48BN3O4/c1-30(2)31(3,4)41-34(40-30)23-9-10-26-27(19-23)37(25-20-24(21-25)35-15-7-6-8-16-35)28(22-38)33(26)13-17-36(18-14-33)29(39)32(5)11-12-32/h9-10,19,22,24-25,28H,6-8,11-18,20-21H2,1-5H3/t24-,25+,28?. The smallest absolute Gasteiger partial charge is 0.399 e. The first-order chi connectivity index (χ1) is 19.5. The molecule has 1 unspecified atom stereocenters. The Bertz CT molecular complexity index is 1190. The van der Waals surface area contributed by atoms with Crippen molar-refractivity contribution in [3.63, 3.8) is 0 Å². The third-order valence-corrected chi connectivity index (χ3v) is 12.2. The van der Waals surface area contributed by atoms with Gasteiger partial charge in [0, 0.05) is 41.7 Å². The molecular weight excluding hydrogens is 513 g/mol. The number of anilines is 1. The predicted molar refractivity (Wildman–Crippen MR) is 162 cm³/mol. The summed E-state index contributed by atoms with van der Waals surface area (Å²) in [7, 11) is -0.431. The summed E-state index contributed by atoms with van der Waals surface area (Å²) in [5, 5.41) is 0. The highest BCUT2D eigenvalue weighted by Crippen LogP contribution is 2.54. The van der Waals surface area contributed by atoms with Gasteiger partial charge >= 0.3 is 7.12 Å². The van der Waals surface area contributed by atoms with E-state index in [2.05, 4.69) is 67.5 Å². The van der Waals surface area contributed by atoms with E-state index >= 15 is 0 Å². The van der Waals surface area contributed by atoms with Gasteiger partial charge in [-0.15, -0.1) is 0 Å². The van der Waals surface area contributed by atoms with Crippen LogP contribution in [0.3, 0.4) is 0 Å². The van der Waals surface area contributed by atoms with Gasteiger partial charge in [-0.05, 0) is 109 Å². The third-order valence-electron chi connectivity index (χ3n) is 12.2. The minimum Gasteiger partial charge on any atom is -0.399 e. The first kappa shape index (κ1) is 27.9. The molecule has 0 radical (unpaired) electrons. The van der Waals surface area contributed by atoms with Gasteiger partial charge in [0.15, 0.2) is 0 Å². The van der Waals surface area contributed by atoms with E-state index in [4.69, 9.17) is 9.31 Å². The third kappa shape index (κ3) is 4.33. The number of hydrogen-bond acceptors (Lipinski definition) is 6. The maximum absolute atomic E-state index is 13.2. The van der Waals surface area contributed by atoms with Crippen LogP contribution >= 0.6 is 0 Å². The van der Waals surface area contributed by atoms with E-state index in [1.54, 1.807) is 0 Å². The number of carbonyl (C=O) groups is 2. The van der Waals surface area contributed by atoms with Crippen LogP contribution in [0.4, 0.5) is 5.69 Å². The number of likely N-dealkylation sites (tertiary alicyclic amines) is 2. The molecule has 3 saturated heterocycles. The van der Waals surface area contributed by atoms with Crippen LogP contribution < -0.4 is 10.4 Å². The fourth-order valence-electron chi connectivity index (χ4n) is 8.33. The van der Waals surface area contributed by atoms with Gasteiger partial charge in [-0.3, -0.25) is 4.79 Å². The largest absolute Gasteiger partial charge is 0.494 e. The molecule has 1 aromatic rings. The van der Waals surface area contributed by atoms with Crippen molar-refractivity contribution in [2.24, 2.45) is 5.41 Å². The summed E-state index contributed by atoms with van der Waals surface area (Å²) in [6.45, 7) is 14.4. The molecule has 1 aromatic carbocycles. The lowest BCUT2D eigenvalue weighted by Gasteiger charge is -2.51. The molecule has 0 bridgehead atoms. The quantitative estimate of drug-likeness (QED) is 0.400. The SMILES string of the molecule is CC1(C(=O)N2CCC3(CC2)c2ccc(B4OC(C)(C)C(C)(C)O4)cc2N([C@H]2C[C@@H](N4CCCCC4)C2)C3C=O)CC1. The summed E-state index contributed by atoms with van der Waals surface area (Å²) in [6.07, 6.45) is 11.1. The maximum atomic E-state index is 13.2. The monoisotopic (exact) mass is 561 g/mol. The van der Waals surface area contributed by atoms with Gasteiger partial charge in [-0.1, -0.05) is 25.5 Å². The van der Waals surface area contributed by atoms with Crippen molar-refractivity contribution in [3.05, 3.63) is 23.8 Å². The number of aldehydes is 1. The molecule has 2 saturated carbocycles. The molecular formula is C33H48BN3O4. The summed E-state index contributed by atoms with van der Waals surface area (Å²) in [5.74, 6) is 0.310. The van der Waals surface area contributed by atoms with Gasteiger partial charge in [0.1, 0.15) is 6.29 Å². The Morgan fingerprint density at radius 1 is 0.878 bits per heavy atom. The van der Waals surface area contributed by atoms with Gasteiger partial charge in [0.25, 0.3) is 0 Å². The molecule has 222 valence electrons. The fourth-order valence-corrected chi connectivity index (χ4v) is 8.33. The number of amides is 1. The summed E-state index contributed by atoms with van der Waals surface area (Å²) < 4.78 is 12.9. The Morgan fingerprint density at radius 2 is 1.51 bits per heavy atom. The molecule has 4 aliphatic heterocycles. The highest BCUT2D eigenvalue weighted by molar-refractivity contribution is 6.62. The zero-order valence-corrected chi connectivity index (χ0v) is 25.8. The predicted octanol–water partition coefficient (Wildman–Crippen LogP) is 4.05. The van der Waals surface area contributed by atoms with Crippen LogP contribution in [0.25, 0.3) is 0 Å². The maximum Gasteiger partial charge on any atom is 0.494 e. The van der Waals surface area contributed by atoms with Crippen molar-refractivity contribution in [1.29, 1.82) is 0 Å². The molecule has 1 amide bonds. The second-order valence-electron chi connectivity index (χ2n) is 15.2. The van der Waals surface area contributed by atoms with Crippen LogP contribution in [0.2, 0.25) is 0 Å². The van der Waals surface area contributed by atoms with Crippen molar-refractivity contribution >= 4 is 30.5 Å². The zero-order chi connectivity index (χ0) is 28.8. The van der Waals surface area contributed by atoms with Gasteiger partial charge in [0.2, 0.25) is 5.91 Å². The van der Waals surface area contributed by atoms with E-state index in [0.29, 0.717) is 18.0 Å². The van der Waals surface area contributed by atoms with Crippen molar-refractivity contribution in [1.82, 2.24) is 9.80 Å². The van der Waals surface area contributed by atoms with Crippen LogP contribution in [-0.2, 0) is 24.3 Å². The first-order valence-corrected chi connectivity index (χ1v) is 16.3. The van der Waals surface area contributed by atoms with E-state index in [0.717, 1.165) is 57.1 Å². The van der Waals surface area contributed by atoms with Gasteiger partial charge in [-0.25, -0.2) is 0 Å². The molecule has 7 nitrogen and oxygen atoms in total. The van der Waals surface area contributed by atoms with Crippen LogP contribution in [0.15, 0.2) is 18.2 Å². The molecule has 41 heavy (non-hydrogen) atoms. The molecule has 7 rings (SSSR count). The Labute approximate surface area is 246 Å². The fraction of sp³-hybridized carbons (Fsp3) is 0.758. The zero-order valence-electron chi connectivity index (χ0n) is 25.8. The van der Waals surface area contributed by atoms with Crippen molar-refractivity contribution < 1.29 is 18.9 Å². The first-order valence-electron chi connectivity index (χ1n) is 16.3.